The van der Waals surface area contributed by atoms with Crippen LogP contribution in [0.2, 0.25) is 0 Å². The van der Waals surface area contributed by atoms with E-state index >= 15 is 0 Å². The van der Waals surface area contributed by atoms with E-state index in [1.807, 2.05) is 22.7 Å². The Balaban J connectivity index is 1.77. The third-order valence-electron chi connectivity index (χ3n) is 4.31. The quantitative estimate of drug-likeness (QED) is 0.942. The van der Waals surface area contributed by atoms with Crippen molar-refractivity contribution in [2.75, 3.05) is 13.1 Å². The van der Waals surface area contributed by atoms with Gasteiger partial charge in [0.15, 0.2) is 0 Å². The van der Waals surface area contributed by atoms with E-state index in [9.17, 15) is 8.78 Å². The van der Waals surface area contributed by atoms with E-state index in [-0.39, 0.29) is 24.1 Å². The summed E-state index contributed by atoms with van der Waals surface area (Å²) >= 11 is 0. The summed E-state index contributed by atoms with van der Waals surface area (Å²) in [4.78, 5) is 6.34. The Morgan fingerprint density at radius 2 is 2.09 bits per heavy atom. The van der Waals surface area contributed by atoms with Crippen molar-refractivity contribution in [3.05, 3.63) is 53.1 Å². The van der Waals surface area contributed by atoms with Gasteiger partial charge >= 0.3 is 0 Å². The van der Waals surface area contributed by atoms with Gasteiger partial charge in [0.2, 0.25) is 0 Å². The Morgan fingerprint density at radius 1 is 1.32 bits per heavy atom. The summed E-state index contributed by atoms with van der Waals surface area (Å²) in [5.41, 5.74) is 7.70. The first-order chi connectivity index (χ1) is 10.5. The van der Waals surface area contributed by atoms with E-state index < -0.39 is 11.6 Å². The molecular formula is C16H20F2N4. The van der Waals surface area contributed by atoms with Crippen molar-refractivity contribution in [2.24, 2.45) is 12.8 Å². The molecule has 0 aliphatic carbocycles. The van der Waals surface area contributed by atoms with Gasteiger partial charge in [-0.3, -0.25) is 4.90 Å². The van der Waals surface area contributed by atoms with E-state index in [4.69, 9.17) is 5.73 Å². The standard InChI is InChI=1S/C16H20F2N4/c1-10-3-4-13(17)11(16(10)18)5-22-6-12(14(19)7-22)15-8-21(2)9-20-15/h3-4,8-9,12,14H,5-7,19H2,1-2H3/t12-,14-/m1/s1. The summed E-state index contributed by atoms with van der Waals surface area (Å²) in [6.07, 6.45) is 3.69. The number of nitrogens with zero attached hydrogens (tertiary/aromatic N) is 3. The first-order valence-corrected chi connectivity index (χ1v) is 7.35. The molecule has 6 heteroatoms. The monoisotopic (exact) mass is 306 g/mol. The number of hydrogen-bond acceptors (Lipinski definition) is 3. The van der Waals surface area contributed by atoms with Gasteiger partial charge in [-0.2, -0.15) is 0 Å². The number of halogens is 2. The van der Waals surface area contributed by atoms with Crippen LogP contribution in [0.5, 0.6) is 0 Å². The average Bonchev–Trinajstić information content (AvgIpc) is 3.05. The number of aromatic nitrogens is 2. The van der Waals surface area contributed by atoms with Gasteiger partial charge < -0.3 is 10.3 Å². The van der Waals surface area contributed by atoms with Crippen molar-refractivity contribution >= 4 is 0 Å². The molecule has 3 rings (SSSR count). The maximum Gasteiger partial charge on any atom is 0.133 e. The smallest absolute Gasteiger partial charge is 0.133 e. The van der Waals surface area contributed by atoms with Crippen LogP contribution in [0, 0.1) is 18.6 Å². The second kappa shape index (κ2) is 5.78. The molecule has 0 bridgehead atoms. The fourth-order valence-corrected chi connectivity index (χ4v) is 3.06. The van der Waals surface area contributed by atoms with Gasteiger partial charge in [0.25, 0.3) is 0 Å². The molecule has 0 unspecified atom stereocenters. The van der Waals surface area contributed by atoms with Crippen molar-refractivity contribution in [3.63, 3.8) is 0 Å². The predicted octanol–water partition coefficient (Wildman–Crippen LogP) is 1.93. The lowest BCUT2D eigenvalue weighted by Crippen LogP contribution is -2.29. The normalized spacial score (nSPS) is 22.4. The van der Waals surface area contributed by atoms with Crippen molar-refractivity contribution in [1.29, 1.82) is 0 Å². The zero-order chi connectivity index (χ0) is 15.9. The highest BCUT2D eigenvalue weighted by Crippen LogP contribution is 2.27. The Labute approximate surface area is 128 Å². The molecule has 118 valence electrons. The van der Waals surface area contributed by atoms with E-state index in [0.29, 0.717) is 18.7 Å². The molecule has 0 spiro atoms. The minimum Gasteiger partial charge on any atom is -0.340 e. The molecule has 1 fully saturated rings. The fraction of sp³-hybridized carbons (Fsp3) is 0.438. The summed E-state index contributed by atoms with van der Waals surface area (Å²) in [6.45, 7) is 3.14. The number of nitrogens with two attached hydrogens (primary N) is 1. The predicted molar refractivity (Wildman–Crippen MR) is 80.3 cm³/mol. The van der Waals surface area contributed by atoms with Crippen LogP contribution in [0.25, 0.3) is 0 Å². The summed E-state index contributed by atoms with van der Waals surface area (Å²) in [6, 6.07) is 2.70. The van der Waals surface area contributed by atoms with Gasteiger partial charge in [-0.15, -0.1) is 0 Å². The summed E-state index contributed by atoms with van der Waals surface area (Å²) in [7, 11) is 1.91. The van der Waals surface area contributed by atoms with Crippen LogP contribution in [0.3, 0.4) is 0 Å². The van der Waals surface area contributed by atoms with Crippen molar-refractivity contribution < 1.29 is 8.78 Å². The van der Waals surface area contributed by atoms with Gasteiger partial charge in [-0.1, -0.05) is 6.07 Å². The molecule has 22 heavy (non-hydrogen) atoms. The van der Waals surface area contributed by atoms with Crippen molar-refractivity contribution in [2.45, 2.75) is 25.4 Å². The zero-order valence-electron chi connectivity index (χ0n) is 12.8. The molecule has 0 saturated carbocycles. The summed E-state index contributed by atoms with van der Waals surface area (Å²) in [5.74, 6) is -0.870. The van der Waals surface area contributed by atoms with Gasteiger partial charge in [0.1, 0.15) is 11.6 Å². The molecule has 1 aromatic carbocycles. The Kier molecular flexibility index (Phi) is 3.97. The molecule has 2 aromatic rings. The van der Waals surface area contributed by atoms with Crippen LogP contribution in [-0.4, -0.2) is 33.6 Å². The van der Waals surface area contributed by atoms with Crippen molar-refractivity contribution in [3.8, 4) is 0 Å². The molecule has 1 aliphatic rings. The van der Waals surface area contributed by atoms with Crippen LogP contribution in [-0.2, 0) is 13.6 Å². The average molecular weight is 306 g/mol. The number of benzene rings is 1. The molecule has 0 amide bonds. The van der Waals surface area contributed by atoms with Crippen molar-refractivity contribution in [1.82, 2.24) is 14.5 Å². The SMILES string of the molecule is Cc1ccc(F)c(CN2C[C@@H](N)[C@H](c3cn(C)cn3)C2)c1F. The number of hydrogen-bond donors (Lipinski definition) is 1. The molecule has 1 aromatic heterocycles. The van der Waals surface area contributed by atoms with E-state index in [1.54, 1.807) is 13.3 Å². The van der Waals surface area contributed by atoms with Gasteiger partial charge in [-0.25, -0.2) is 13.8 Å². The Morgan fingerprint density at radius 3 is 2.77 bits per heavy atom. The molecule has 2 heterocycles. The van der Waals surface area contributed by atoms with E-state index in [2.05, 4.69) is 4.98 Å². The number of likely N-dealkylation sites (tertiary alicyclic amines) is 1. The van der Waals surface area contributed by atoms with Crippen LogP contribution in [0.4, 0.5) is 8.78 Å². The van der Waals surface area contributed by atoms with Gasteiger partial charge in [0, 0.05) is 50.4 Å². The second-order valence-corrected chi connectivity index (χ2v) is 6.09. The summed E-state index contributed by atoms with van der Waals surface area (Å²) < 4.78 is 29.9. The third kappa shape index (κ3) is 2.76. The molecule has 1 saturated heterocycles. The molecule has 1 aliphatic heterocycles. The molecule has 4 nitrogen and oxygen atoms in total. The maximum absolute atomic E-state index is 14.1. The lowest BCUT2D eigenvalue weighted by Gasteiger charge is -2.17. The highest BCUT2D eigenvalue weighted by Gasteiger charge is 2.33. The second-order valence-electron chi connectivity index (χ2n) is 6.09. The van der Waals surface area contributed by atoms with Gasteiger partial charge in [-0.05, 0) is 18.6 Å². The number of imidazole rings is 1. The highest BCUT2D eigenvalue weighted by atomic mass is 19.1. The van der Waals surface area contributed by atoms with Crippen LogP contribution < -0.4 is 5.73 Å². The lowest BCUT2D eigenvalue weighted by molar-refractivity contribution is 0.311. The van der Waals surface area contributed by atoms with Gasteiger partial charge in [0.05, 0.1) is 12.0 Å². The minimum absolute atomic E-state index is 0.0779. The van der Waals surface area contributed by atoms with E-state index in [1.165, 1.54) is 12.1 Å². The zero-order valence-corrected chi connectivity index (χ0v) is 12.8. The minimum atomic E-state index is -0.502. The fourth-order valence-electron chi connectivity index (χ4n) is 3.06. The topological polar surface area (TPSA) is 47.1 Å². The summed E-state index contributed by atoms with van der Waals surface area (Å²) in [5, 5.41) is 0. The molecular weight excluding hydrogens is 286 g/mol. The number of aryl methyl sites for hydroxylation is 2. The first-order valence-electron chi connectivity index (χ1n) is 7.35. The largest absolute Gasteiger partial charge is 0.340 e. The number of rotatable bonds is 3. The van der Waals surface area contributed by atoms with Crippen LogP contribution in [0.1, 0.15) is 22.7 Å². The lowest BCUT2D eigenvalue weighted by atomic mass is 10.0. The molecule has 0 radical (unpaired) electrons. The molecule has 2 N–H and O–H groups in total. The Hall–Kier alpha value is -1.79. The van der Waals surface area contributed by atoms with E-state index in [0.717, 1.165) is 5.69 Å². The maximum atomic E-state index is 14.1. The highest BCUT2D eigenvalue weighted by molar-refractivity contribution is 5.27. The molecule has 2 atom stereocenters. The van der Waals surface area contributed by atoms with Crippen LogP contribution in [0.15, 0.2) is 24.7 Å². The first kappa shape index (κ1) is 15.1. The Bertz CT molecular complexity index is 683. The third-order valence-corrected chi connectivity index (χ3v) is 4.31. The van der Waals surface area contributed by atoms with Crippen LogP contribution >= 0.6 is 0 Å².